The van der Waals surface area contributed by atoms with Crippen molar-refractivity contribution in [3.05, 3.63) is 120 Å². The molecule has 1 amide bonds. The van der Waals surface area contributed by atoms with Gasteiger partial charge < -0.3 is 24.1 Å². The maximum atomic E-state index is 13.5. The largest absolute Gasteiger partial charge is 0.460 e. The second-order valence-electron chi connectivity index (χ2n) is 11.5. The van der Waals surface area contributed by atoms with Gasteiger partial charge in [-0.1, -0.05) is 66.7 Å². The fourth-order valence-electron chi connectivity index (χ4n) is 6.23. The van der Waals surface area contributed by atoms with Crippen molar-refractivity contribution < 1.29 is 14.3 Å². The van der Waals surface area contributed by atoms with Gasteiger partial charge in [0.15, 0.2) is 5.69 Å². The maximum Gasteiger partial charge on any atom is 0.340 e. The summed E-state index contributed by atoms with van der Waals surface area (Å²) in [5.74, 6) is -0.685. The summed E-state index contributed by atoms with van der Waals surface area (Å²) >= 11 is 0. The van der Waals surface area contributed by atoms with E-state index in [-0.39, 0.29) is 12.5 Å². The lowest BCUT2D eigenvalue weighted by Crippen LogP contribution is -2.44. The summed E-state index contributed by atoms with van der Waals surface area (Å²) in [5.41, 5.74) is 6.11. The number of rotatable bonds is 8. The Morgan fingerprint density at radius 1 is 0.886 bits per heavy atom. The number of fused-ring (bicyclic) bond motifs is 3. The number of hydrogen-bond acceptors (Lipinski definition) is 5. The zero-order valence-electron chi connectivity index (χ0n) is 24.8. The smallest absolute Gasteiger partial charge is 0.340 e. The lowest BCUT2D eigenvalue weighted by Gasteiger charge is -2.26. The highest BCUT2D eigenvalue weighted by atomic mass is 16.5. The number of aromatic nitrogens is 4. The quantitative estimate of drug-likeness (QED) is 0.251. The lowest BCUT2D eigenvalue weighted by atomic mass is 10.1. The van der Waals surface area contributed by atoms with Gasteiger partial charge in [-0.15, -0.1) is 0 Å². The molecule has 0 aliphatic carbocycles. The van der Waals surface area contributed by atoms with Crippen LogP contribution in [0.2, 0.25) is 0 Å². The van der Waals surface area contributed by atoms with Crippen molar-refractivity contribution in [2.75, 3.05) is 18.1 Å². The predicted octanol–water partition coefficient (Wildman–Crippen LogP) is 5.08. The third kappa shape index (κ3) is 5.21. The lowest BCUT2D eigenvalue weighted by molar-refractivity contribution is 0.0462. The third-order valence-corrected chi connectivity index (χ3v) is 8.42. The van der Waals surface area contributed by atoms with Gasteiger partial charge in [0.25, 0.3) is 5.91 Å². The molecule has 3 aromatic carbocycles. The molecule has 0 saturated heterocycles. The summed E-state index contributed by atoms with van der Waals surface area (Å²) in [6, 6.07) is 25.9. The molecule has 1 N–H and O–H groups in total. The summed E-state index contributed by atoms with van der Waals surface area (Å²) < 4.78 is 11.7. The second kappa shape index (κ2) is 11.4. The monoisotopic (exact) mass is 586 g/mol. The Balaban J connectivity index is 1.15. The third-order valence-electron chi connectivity index (χ3n) is 8.42. The molecule has 1 aliphatic rings. The Morgan fingerprint density at radius 3 is 2.36 bits per heavy atom. The molecule has 222 valence electrons. The number of carbonyl (C=O) groups is 2. The van der Waals surface area contributed by atoms with Gasteiger partial charge in [0.05, 0.1) is 17.3 Å². The first-order valence-corrected chi connectivity index (χ1v) is 14.9. The second-order valence-corrected chi connectivity index (χ2v) is 11.5. The molecule has 44 heavy (non-hydrogen) atoms. The molecule has 0 bridgehead atoms. The van der Waals surface area contributed by atoms with Crippen molar-refractivity contribution in [2.24, 2.45) is 14.1 Å². The van der Waals surface area contributed by atoms with E-state index in [1.165, 1.54) is 5.56 Å². The van der Waals surface area contributed by atoms with Crippen molar-refractivity contribution >= 4 is 39.4 Å². The molecule has 9 nitrogen and oxygen atoms in total. The van der Waals surface area contributed by atoms with Gasteiger partial charge in [0, 0.05) is 74.1 Å². The van der Waals surface area contributed by atoms with Crippen LogP contribution < -0.4 is 10.2 Å². The molecule has 0 saturated carbocycles. The number of benzene rings is 3. The normalized spacial score (nSPS) is 14.9. The molecule has 1 aliphatic heterocycles. The highest BCUT2D eigenvalue weighted by molar-refractivity contribution is 6.04. The van der Waals surface area contributed by atoms with Gasteiger partial charge in [-0.2, -0.15) is 5.10 Å². The van der Waals surface area contributed by atoms with Crippen molar-refractivity contribution in [2.45, 2.75) is 25.6 Å². The summed E-state index contributed by atoms with van der Waals surface area (Å²) in [6.07, 6.45) is 6.70. The van der Waals surface area contributed by atoms with E-state index in [9.17, 15) is 9.59 Å². The number of ether oxygens (including phenoxy) is 1. The van der Waals surface area contributed by atoms with Crippen LogP contribution in [0.4, 0.5) is 5.69 Å². The molecular weight excluding hydrogens is 552 g/mol. The number of carbonyl (C=O) groups excluding carboxylic acids is 2. The van der Waals surface area contributed by atoms with E-state index in [4.69, 9.17) is 9.84 Å². The van der Waals surface area contributed by atoms with Crippen LogP contribution in [-0.4, -0.2) is 50.0 Å². The van der Waals surface area contributed by atoms with E-state index in [2.05, 4.69) is 45.2 Å². The van der Waals surface area contributed by atoms with Crippen LogP contribution in [0.5, 0.6) is 0 Å². The van der Waals surface area contributed by atoms with Crippen molar-refractivity contribution in [3.8, 4) is 0 Å². The van der Waals surface area contributed by atoms with Crippen LogP contribution in [0, 0.1) is 0 Å². The number of esters is 1. The molecule has 1 atom stereocenters. The van der Waals surface area contributed by atoms with Gasteiger partial charge in [-0.3, -0.25) is 9.48 Å². The number of nitrogens with one attached hydrogen (secondary N) is 1. The van der Waals surface area contributed by atoms with Gasteiger partial charge >= 0.3 is 5.97 Å². The zero-order chi connectivity index (χ0) is 30.2. The minimum absolute atomic E-state index is 0.0398. The van der Waals surface area contributed by atoms with E-state index in [0.717, 1.165) is 39.5 Å². The molecule has 9 heteroatoms. The van der Waals surface area contributed by atoms with E-state index in [0.29, 0.717) is 30.9 Å². The molecular formula is C35H34N6O3. The zero-order valence-corrected chi connectivity index (χ0v) is 24.8. The average molecular weight is 587 g/mol. The van der Waals surface area contributed by atoms with Crippen LogP contribution in [0.25, 0.3) is 21.8 Å². The fraction of sp³-hybridized carbons (Fsp3) is 0.229. The first-order valence-electron chi connectivity index (χ1n) is 14.9. The summed E-state index contributed by atoms with van der Waals surface area (Å²) in [7, 11) is 3.95. The molecule has 0 unspecified atom stereocenters. The Hall–Kier alpha value is -5.31. The van der Waals surface area contributed by atoms with Crippen LogP contribution in [-0.2, 0) is 38.3 Å². The minimum atomic E-state index is -0.427. The average Bonchev–Trinajstić information content (AvgIpc) is 3.70. The molecule has 4 heterocycles. The number of hydrogen-bond donors (Lipinski definition) is 1. The van der Waals surface area contributed by atoms with Gasteiger partial charge in [0.2, 0.25) is 0 Å². The van der Waals surface area contributed by atoms with Crippen LogP contribution >= 0.6 is 0 Å². The van der Waals surface area contributed by atoms with Gasteiger partial charge in [0.1, 0.15) is 6.61 Å². The topological polar surface area (TPSA) is 86.3 Å². The molecule has 0 fully saturated rings. The minimum Gasteiger partial charge on any atom is -0.460 e. The van der Waals surface area contributed by atoms with E-state index in [1.54, 1.807) is 6.20 Å². The first kappa shape index (κ1) is 27.5. The van der Waals surface area contributed by atoms with Crippen LogP contribution in [0.1, 0.15) is 32.0 Å². The fourth-order valence-corrected chi connectivity index (χ4v) is 6.23. The van der Waals surface area contributed by atoms with E-state index < -0.39 is 12.0 Å². The van der Waals surface area contributed by atoms with Gasteiger partial charge in [-0.25, -0.2) is 4.79 Å². The van der Waals surface area contributed by atoms with Crippen LogP contribution in [0.15, 0.2) is 97.5 Å². The number of nitrogens with zero attached hydrogens (tertiary/aromatic N) is 5. The van der Waals surface area contributed by atoms with E-state index >= 15 is 0 Å². The highest BCUT2D eigenvalue weighted by Crippen LogP contribution is 2.29. The Morgan fingerprint density at radius 2 is 1.57 bits per heavy atom. The van der Waals surface area contributed by atoms with E-state index in [1.807, 2.05) is 84.1 Å². The molecule has 7 rings (SSSR count). The van der Waals surface area contributed by atoms with Crippen molar-refractivity contribution in [3.63, 3.8) is 0 Å². The van der Waals surface area contributed by atoms with Crippen LogP contribution in [0.3, 0.4) is 0 Å². The maximum absolute atomic E-state index is 13.5. The highest BCUT2D eigenvalue weighted by Gasteiger charge is 2.31. The predicted molar refractivity (Wildman–Crippen MR) is 171 cm³/mol. The molecule has 3 aromatic heterocycles. The van der Waals surface area contributed by atoms with Crippen molar-refractivity contribution in [1.29, 1.82) is 0 Å². The Labute approximate surface area is 255 Å². The number of anilines is 1. The number of amides is 1. The molecule has 6 aromatic rings. The van der Waals surface area contributed by atoms with Crippen molar-refractivity contribution in [1.82, 2.24) is 24.2 Å². The molecule has 0 spiro atoms. The summed E-state index contributed by atoms with van der Waals surface area (Å²) in [6.45, 7) is 1.72. The number of aryl methyl sites for hydroxylation is 4. The summed E-state index contributed by atoms with van der Waals surface area (Å²) in [4.78, 5) is 29.0. The summed E-state index contributed by atoms with van der Waals surface area (Å²) in [5, 5.41) is 9.82. The number of para-hydroxylation sites is 2. The first-order chi connectivity index (χ1) is 21.4. The molecule has 0 radical (unpaired) electrons. The Kier molecular flexibility index (Phi) is 7.13. The SMILES string of the molecule is Cn1cc(CN2C[C@H](COC(=O)c3cn(C)c4ccccc34)NC(=O)c3nn(CCc4ccccc4)cc32)c2ccccc21. The van der Waals surface area contributed by atoms with Gasteiger partial charge in [-0.05, 0) is 29.7 Å². The standard InChI is InChI=1S/C35H34N6O3/c1-38-18-25(27-12-6-8-14-30(27)38)19-40-20-26(23-44-35(43)29-21-39(2)31-15-9-7-13-28(29)31)36-34(42)33-32(40)22-41(37-33)17-16-24-10-4-3-5-11-24/h3-15,18,21-22,26H,16-17,19-20,23H2,1-2H3,(H,36,42)/t26-/m1/s1. The Bertz CT molecular complexity index is 1990.